The Morgan fingerprint density at radius 3 is 3.15 bits per heavy atom. The first-order valence-electron chi connectivity index (χ1n) is 4.03. The molecular formula is C7H9N3O3. The molecule has 2 N–H and O–H groups in total. The first kappa shape index (κ1) is 8.03. The molecule has 0 aromatic rings. The zero-order valence-electron chi connectivity index (χ0n) is 6.86. The van der Waals surface area contributed by atoms with Crippen molar-refractivity contribution in [3.05, 3.63) is 0 Å². The average Bonchev–Trinajstić information content (AvgIpc) is 2.46. The third-order valence-corrected chi connectivity index (χ3v) is 2.32. The van der Waals surface area contributed by atoms with Crippen molar-refractivity contribution in [2.45, 2.75) is 18.9 Å². The van der Waals surface area contributed by atoms with Crippen LogP contribution in [0.2, 0.25) is 0 Å². The summed E-state index contributed by atoms with van der Waals surface area (Å²) in [7, 11) is 0. The molecule has 1 atom stereocenters. The van der Waals surface area contributed by atoms with Gasteiger partial charge in [0.05, 0.1) is 18.2 Å². The van der Waals surface area contributed by atoms with Crippen LogP contribution in [-0.2, 0) is 4.79 Å². The maximum atomic E-state index is 10.9. The van der Waals surface area contributed by atoms with E-state index < -0.39 is 6.09 Å². The van der Waals surface area contributed by atoms with E-state index in [1.54, 1.807) is 0 Å². The fraction of sp³-hybridized carbons (Fsp3) is 0.571. The van der Waals surface area contributed by atoms with Gasteiger partial charge >= 0.3 is 6.09 Å². The summed E-state index contributed by atoms with van der Waals surface area (Å²) in [6, 6.07) is -0.328. The summed E-state index contributed by atoms with van der Waals surface area (Å²) >= 11 is 0. The summed E-state index contributed by atoms with van der Waals surface area (Å²) in [5.41, 5.74) is 3.11. The topological polar surface area (TPSA) is 82.0 Å². The highest BCUT2D eigenvalue weighted by Crippen LogP contribution is 2.20. The van der Waals surface area contributed by atoms with Gasteiger partial charge in [0.2, 0.25) is 5.91 Å². The minimum atomic E-state index is -0.982. The van der Waals surface area contributed by atoms with Crippen molar-refractivity contribution in [3.8, 4) is 0 Å². The summed E-state index contributed by atoms with van der Waals surface area (Å²) < 4.78 is 0. The summed E-state index contributed by atoms with van der Waals surface area (Å²) in [6.07, 6.45) is -0.160. The molecule has 1 unspecified atom stereocenters. The van der Waals surface area contributed by atoms with Crippen LogP contribution in [0.4, 0.5) is 4.79 Å². The van der Waals surface area contributed by atoms with Gasteiger partial charge in [-0.15, -0.1) is 0 Å². The van der Waals surface area contributed by atoms with Crippen LogP contribution < -0.4 is 5.43 Å². The zero-order chi connectivity index (χ0) is 9.42. The third-order valence-electron chi connectivity index (χ3n) is 2.32. The minimum Gasteiger partial charge on any atom is -0.465 e. The van der Waals surface area contributed by atoms with Gasteiger partial charge in [-0.05, 0) is 0 Å². The van der Waals surface area contributed by atoms with Crippen molar-refractivity contribution in [2.24, 2.45) is 5.10 Å². The van der Waals surface area contributed by atoms with Gasteiger partial charge in [0.15, 0.2) is 0 Å². The van der Waals surface area contributed by atoms with Gasteiger partial charge in [0, 0.05) is 13.0 Å². The van der Waals surface area contributed by atoms with Gasteiger partial charge < -0.3 is 5.11 Å². The molecule has 0 aromatic heterocycles. The molecule has 2 aliphatic heterocycles. The summed E-state index contributed by atoms with van der Waals surface area (Å²) in [5.74, 6) is -0.220. The fourth-order valence-electron chi connectivity index (χ4n) is 1.68. The van der Waals surface area contributed by atoms with Crippen molar-refractivity contribution < 1.29 is 14.7 Å². The maximum absolute atomic E-state index is 10.9. The van der Waals surface area contributed by atoms with E-state index in [4.69, 9.17) is 5.11 Å². The minimum absolute atomic E-state index is 0.200. The van der Waals surface area contributed by atoms with Crippen molar-refractivity contribution in [2.75, 3.05) is 6.54 Å². The number of rotatable bonds is 0. The van der Waals surface area contributed by atoms with E-state index in [1.165, 1.54) is 4.90 Å². The van der Waals surface area contributed by atoms with E-state index in [1.807, 2.05) is 0 Å². The number of hydrazone groups is 1. The van der Waals surface area contributed by atoms with Gasteiger partial charge in [-0.25, -0.2) is 10.2 Å². The van der Waals surface area contributed by atoms with E-state index >= 15 is 0 Å². The van der Waals surface area contributed by atoms with Crippen LogP contribution in [0.15, 0.2) is 5.10 Å². The van der Waals surface area contributed by atoms with Gasteiger partial charge in [-0.2, -0.15) is 5.10 Å². The second-order valence-corrected chi connectivity index (χ2v) is 3.08. The number of nitrogens with zero attached hydrogens (tertiary/aromatic N) is 2. The molecule has 0 bridgehead atoms. The molecule has 2 aliphatic rings. The quantitative estimate of drug-likeness (QED) is 0.536. The van der Waals surface area contributed by atoms with Crippen molar-refractivity contribution in [3.63, 3.8) is 0 Å². The Balaban J connectivity index is 2.22. The Morgan fingerprint density at radius 2 is 2.46 bits per heavy atom. The molecule has 6 nitrogen and oxygen atoms in total. The smallest absolute Gasteiger partial charge is 0.407 e. The zero-order valence-corrected chi connectivity index (χ0v) is 6.86. The number of nitrogens with one attached hydrogen (secondary N) is 1. The predicted molar refractivity (Wildman–Crippen MR) is 43.3 cm³/mol. The molecule has 0 aliphatic carbocycles. The van der Waals surface area contributed by atoms with E-state index in [2.05, 4.69) is 10.5 Å². The molecule has 1 saturated heterocycles. The number of carbonyl (C=O) groups is 2. The first-order chi connectivity index (χ1) is 6.18. The Kier molecular flexibility index (Phi) is 1.68. The third kappa shape index (κ3) is 1.24. The number of likely N-dealkylation sites (tertiary alicyclic amines) is 1. The standard InChI is InChI=1S/C7H9N3O3/c11-6-3-5-4(8-9-6)1-2-10(5)7(12)13/h5H,1-3H2,(H,9,11)(H,12,13). The fourth-order valence-corrected chi connectivity index (χ4v) is 1.68. The van der Waals surface area contributed by atoms with Crippen LogP contribution in [-0.4, -0.2) is 40.3 Å². The number of carboxylic acid groups (broad SMARTS) is 1. The van der Waals surface area contributed by atoms with E-state index in [9.17, 15) is 9.59 Å². The highest BCUT2D eigenvalue weighted by Gasteiger charge is 2.37. The molecule has 1 fully saturated rings. The summed E-state index contributed by atoms with van der Waals surface area (Å²) in [5, 5.41) is 12.6. The van der Waals surface area contributed by atoms with Crippen LogP contribution >= 0.6 is 0 Å². The number of amides is 2. The number of hydrogen-bond acceptors (Lipinski definition) is 3. The molecule has 0 aromatic carbocycles. The van der Waals surface area contributed by atoms with Gasteiger partial charge in [0.1, 0.15) is 0 Å². The molecule has 0 saturated carbocycles. The second kappa shape index (κ2) is 2.72. The molecule has 13 heavy (non-hydrogen) atoms. The average molecular weight is 183 g/mol. The molecule has 2 heterocycles. The predicted octanol–water partition coefficient (Wildman–Crippen LogP) is -0.385. The molecule has 0 spiro atoms. The van der Waals surface area contributed by atoms with Crippen LogP contribution in [0.3, 0.4) is 0 Å². The van der Waals surface area contributed by atoms with Gasteiger partial charge in [-0.1, -0.05) is 0 Å². The molecule has 6 heteroatoms. The number of carbonyl (C=O) groups excluding carboxylic acids is 1. The maximum Gasteiger partial charge on any atom is 0.407 e. The lowest BCUT2D eigenvalue weighted by atomic mass is 10.1. The molecule has 2 rings (SSSR count). The molecule has 70 valence electrons. The van der Waals surface area contributed by atoms with Crippen molar-refractivity contribution in [1.82, 2.24) is 10.3 Å². The summed E-state index contributed by atoms with van der Waals surface area (Å²) in [4.78, 5) is 22.9. The van der Waals surface area contributed by atoms with Crippen molar-refractivity contribution in [1.29, 1.82) is 0 Å². The Labute approximate surface area is 74.2 Å². The number of fused-ring (bicyclic) bond motifs is 1. The normalized spacial score (nSPS) is 26.5. The lowest BCUT2D eigenvalue weighted by Gasteiger charge is -2.23. The summed E-state index contributed by atoms with van der Waals surface area (Å²) in [6.45, 7) is 0.438. The van der Waals surface area contributed by atoms with Crippen molar-refractivity contribution >= 4 is 17.7 Å². The second-order valence-electron chi connectivity index (χ2n) is 3.08. The largest absolute Gasteiger partial charge is 0.465 e. The van der Waals surface area contributed by atoms with E-state index in [0.717, 1.165) is 5.71 Å². The highest BCUT2D eigenvalue weighted by molar-refractivity contribution is 6.00. The SMILES string of the molecule is O=C1CC2C(=NN1)CCN2C(=O)O. The molecular weight excluding hydrogens is 174 g/mol. The number of hydrogen-bond donors (Lipinski definition) is 2. The molecule has 2 amide bonds. The highest BCUT2D eigenvalue weighted by atomic mass is 16.4. The van der Waals surface area contributed by atoms with Crippen LogP contribution in [0.1, 0.15) is 12.8 Å². The van der Waals surface area contributed by atoms with Gasteiger partial charge in [0.25, 0.3) is 0 Å². The lowest BCUT2D eigenvalue weighted by Crippen LogP contribution is -2.43. The Hall–Kier alpha value is -1.59. The van der Waals surface area contributed by atoms with Crippen LogP contribution in [0.5, 0.6) is 0 Å². The van der Waals surface area contributed by atoms with E-state index in [-0.39, 0.29) is 18.4 Å². The Bertz CT molecular complexity index is 299. The monoisotopic (exact) mass is 183 g/mol. The van der Waals surface area contributed by atoms with Gasteiger partial charge in [-0.3, -0.25) is 9.69 Å². The first-order valence-corrected chi connectivity index (χ1v) is 4.03. The lowest BCUT2D eigenvalue weighted by molar-refractivity contribution is -0.122. The Morgan fingerprint density at radius 1 is 1.69 bits per heavy atom. The van der Waals surface area contributed by atoms with Crippen LogP contribution in [0.25, 0.3) is 0 Å². The van der Waals surface area contributed by atoms with Crippen LogP contribution in [0, 0.1) is 0 Å². The molecule has 0 radical (unpaired) electrons. The van der Waals surface area contributed by atoms with E-state index in [0.29, 0.717) is 13.0 Å².